The molecule has 0 atom stereocenters. The molecule has 3 heterocycles. The van der Waals surface area contributed by atoms with Crippen LogP contribution in [0.2, 0.25) is 0 Å². The molecule has 26 heavy (non-hydrogen) atoms. The van der Waals surface area contributed by atoms with Gasteiger partial charge in [0.1, 0.15) is 5.69 Å². The monoisotopic (exact) mass is 339 g/mol. The molecule has 5 nitrogen and oxygen atoms in total. The first-order valence-corrected chi connectivity index (χ1v) is 8.70. The number of fused-ring (bicyclic) bond motifs is 3. The van der Waals surface area contributed by atoms with Gasteiger partial charge in [-0.05, 0) is 43.3 Å². The molecular formula is C21H17N5. The molecule has 0 aliphatic rings. The van der Waals surface area contributed by atoms with Crippen LogP contribution in [0.25, 0.3) is 38.9 Å². The zero-order valence-electron chi connectivity index (χ0n) is 14.4. The molecule has 0 N–H and O–H groups in total. The highest BCUT2D eigenvalue weighted by atomic mass is 15.4. The highest BCUT2D eigenvalue weighted by Gasteiger charge is 2.13. The van der Waals surface area contributed by atoms with Gasteiger partial charge in [0.2, 0.25) is 0 Å². The predicted molar refractivity (Wildman–Crippen MR) is 103 cm³/mol. The van der Waals surface area contributed by atoms with E-state index >= 15 is 0 Å². The second-order valence-electron chi connectivity index (χ2n) is 6.21. The maximum Gasteiger partial charge on any atom is 0.113 e. The Kier molecular flexibility index (Phi) is 3.31. The Morgan fingerprint density at radius 1 is 0.885 bits per heavy atom. The first-order chi connectivity index (χ1) is 12.9. The van der Waals surface area contributed by atoms with E-state index in [-0.39, 0.29) is 0 Å². The third-order valence-corrected chi connectivity index (χ3v) is 4.79. The molecule has 0 bridgehead atoms. The summed E-state index contributed by atoms with van der Waals surface area (Å²) in [5.74, 6) is 0. The highest BCUT2D eigenvalue weighted by Crippen LogP contribution is 2.31. The molecule has 3 aromatic heterocycles. The fraction of sp³-hybridized carbons (Fsp3) is 0.0952. The lowest BCUT2D eigenvalue weighted by molar-refractivity contribution is 0.805. The highest BCUT2D eigenvalue weighted by molar-refractivity contribution is 6.08. The first-order valence-electron chi connectivity index (χ1n) is 8.70. The Hall–Kier alpha value is -3.47. The molecule has 0 saturated carbocycles. The molecule has 0 aliphatic heterocycles. The van der Waals surface area contributed by atoms with Crippen molar-refractivity contribution in [1.29, 1.82) is 0 Å². The van der Waals surface area contributed by atoms with Crippen molar-refractivity contribution in [2.24, 2.45) is 0 Å². The van der Waals surface area contributed by atoms with Crippen LogP contribution in [0.4, 0.5) is 0 Å². The summed E-state index contributed by atoms with van der Waals surface area (Å²) < 4.78 is 4.19. The third-order valence-electron chi connectivity index (χ3n) is 4.79. The minimum absolute atomic E-state index is 0.855. The molecule has 0 radical (unpaired) electrons. The smallest absolute Gasteiger partial charge is 0.113 e. The van der Waals surface area contributed by atoms with E-state index in [9.17, 15) is 0 Å². The molecule has 2 aromatic carbocycles. The first kappa shape index (κ1) is 14.8. The molecule has 0 saturated heterocycles. The molecular weight excluding hydrogens is 322 g/mol. The van der Waals surface area contributed by atoms with Gasteiger partial charge in [0.15, 0.2) is 0 Å². The topological polar surface area (TPSA) is 48.5 Å². The fourth-order valence-corrected chi connectivity index (χ4v) is 3.63. The second kappa shape index (κ2) is 5.81. The molecule has 5 aromatic rings. The summed E-state index contributed by atoms with van der Waals surface area (Å²) >= 11 is 0. The number of pyridine rings is 1. The Balaban J connectivity index is 1.75. The largest absolute Gasteiger partial charge is 0.341 e. The Morgan fingerprint density at radius 2 is 1.73 bits per heavy atom. The molecule has 0 unspecified atom stereocenters. The van der Waals surface area contributed by atoms with E-state index < -0.39 is 0 Å². The maximum atomic E-state index is 4.43. The Morgan fingerprint density at radius 3 is 2.58 bits per heavy atom. The number of benzene rings is 2. The number of hydrogen-bond donors (Lipinski definition) is 0. The van der Waals surface area contributed by atoms with Gasteiger partial charge in [0.25, 0.3) is 0 Å². The summed E-state index contributed by atoms with van der Waals surface area (Å²) in [7, 11) is 0. The van der Waals surface area contributed by atoms with Crippen LogP contribution < -0.4 is 0 Å². The second-order valence-corrected chi connectivity index (χ2v) is 6.21. The quantitative estimate of drug-likeness (QED) is 0.488. The Bertz CT molecular complexity index is 1220. The van der Waals surface area contributed by atoms with Gasteiger partial charge < -0.3 is 4.57 Å². The minimum atomic E-state index is 0.855. The summed E-state index contributed by atoms with van der Waals surface area (Å²) in [6, 6.07) is 20.8. The van der Waals surface area contributed by atoms with Crippen LogP contribution in [-0.2, 0) is 6.54 Å². The van der Waals surface area contributed by atoms with Gasteiger partial charge in [0, 0.05) is 34.5 Å². The summed E-state index contributed by atoms with van der Waals surface area (Å²) in [4.78, 5) is 4.43. The lowest BCUT2D eigenvalue weighted by Gasteiger charge is -2.07. The summed E-state index contributed by atoms with van der Waals surface area (Å²) in [5.41, 5.74) is 5.20. The van der Waals surface area contributed by atoms with Crippen molar-refractivity contribution < 1.29 is 0 Å². The van der Waals surface area contributed by atoms with Gasteiger partial charge in [-0.2, -0.15) is 0 Å². The average Bonchev–Trinajstić information content (AvgIpc) is 3.31. The van der Waals surface area contributed by atoms with Gasteiger partial charge in [-0.15, -0.1) is 5.10 Å². The van der Waals surface area contributed by atoms with Gasteiger partial charge in [-0.3, -0.25) is 4.98 Å². The van der Waals surface area contributed by atoms with Crippen LogP contribution in [-0.4, -0.2) is 24.5 Å². The number of nitrogens with zero attached hydrogens (tertiary/aromatic N) is 5. The predicted octanol–water partition coefficient (Wildman–Crippen LogP) is 4.46. The van der Waals surface area contributed by atoms with Crippen molar-refractivity contribution in [2.75, 3.05) is 0 Å². The molecule has 126 valence electrons. The lowest BCUT2D eigenvalue weighted by atomic mass is 10.1. The van der Waals surface area contributed by atoms with Crippen molar-refractivity contribution in [1.82, 2.24) is 24.5 Å². The summed E-state index contributed by atoms with van der Waals surface area (Å²) in [6.07, 6.45) is 3.53. The number of rotatable bonds is 3. The van der Waals surface area contributed by atoms with Crippen molar-refractivity contribution >= 4 is 21.8 Å². The standard InChI is InChI=1S/C21H17N5/c1-2-25-19-9-4-3-7-16(19)17-13-15(10-11-20(17)25)26-21(14-23-24-26)18-8-5-6-12-22-18/h3-14H,2H2,1H3. The van der Waals surface area contributed by atoms with Crippen LogP contribution in [0.3, 0.4) is 0 Å². The minimum Gasteiger partial charge on any atom is -0.341 e. The number of aromatic nitrogens is 5. The van der Waals surface area contributed by atoms with E-state index in [1.54, 1.807) is 12.4 Å². The van der Waals surface area contributed by atoms with Crippen LogP contribution in [0.15, 0.2) is 73.1 Å². The molecule has 0 amide bonds. The van der Waals surface area contributed by atoms with E-state index in [0.29, 0.717) is 0 Å². The lowest BCUT2D eigenvalue weighted by Crippen LogP contribution is -2.00. The van der Waals surface area contributed by atoms with E-state index in [1.807, 2.05) is 22.9 Å². The molecule has 5 heteroatoms. The number of aryl methyl sites for hydroxylation is 1. The van der Waals surface area contributed by atoms with Gasteiger partial charge in [-0.1, -0.05) is 29.5 Å². The SMILES string of the molecule is CCn1c2ccccc2c2cc(-n3nncc3-c3ccccn3)ccc21. The molecule has 0 aliphatic carbocycles. The molecule has 5 rings (SSSR count). The van der Waals surface area contributed by atoms with Gasteiger partial charge >= 0.3 is 0 Å². The van der Waals surface area contributed by atoms with E-state index in [0.717, 1.165) is 23.6 Å². The Labute approximate surface area is 150 Å². The van der Waals surface area contributed by atoms with Crippen molar-refractivity contribution in [3.63, 3.8) is 0 Å². The fourth-order valence-electron chi connectivity index (χ4n) is 3.63. The van der Waals surface area contributed by atoms with Crippen molar-refractivity contribution in [3.05, 3.63) is 73.1 Å². The van der Waals surface area contributed by atoms with Gasteiger partial charge in [-0.25, -0.2) is 4.68 Å². The van der Waals surface area contributed by atoms with Crippen LogP contribution in [0.5, 0.6) is 0 Å². The van der Waals surface area contributed by atoms with Crippen molar-refractivity contribution in [3.8, 4) is 17.1 Å². The average molecular weight is 339 g/mol. The van der Waals surface area contributed by atoms with Crippen LogP contribution in [0.1, 0.15) is 6.92 Å². The van der Waals surface area contributed by atoms with E-state index in [1.165, 1.54) is 21.8 Å². The van der Waals surface area contributed by atoms with Gasteiger partial charge in [0.05, 0.1) is 17.6 Å². The van der Waals surface area contributed by atoms with Crippen LogP contribution >= 0.6 is 0 Å². The molecule has 0 spiro atoms. The summed E-state index contributed by atoms with van der Waals surface area (Å²) in [6.45, 7) is 3.11. The van der Waals surface area contributed by atoms with E-state index in [2.05, 4.69) is 69.3 Å². The number of hydrogen-bond acceptors (Lipinski definition) is 3. The third kappa shape index (κ3) is 2.14. The molecule has 0 fully saturated rings. The van der Waals surface area contributed by atoms with Crippen LogP contribution in [0, 0.1) is 0 Å². The van der Waals surface area contributed by atoms with Crippen molar-refractivity contribution in [2.45, 2.75) is 13.5 Å². The zero-order valence-corrected chi connectivity index (χ0v) is 14.4. The maximum absolute atomic E-state index is 4.43. The number of para-hydroxylation sites is 1. The zero-order chi connectivity index (χ0) is 17.5. The van der Waals surface area contributed by atoms with E-state index in [4.69, 9.17) is 0 Å². The normalized spacial score (nSPS) is 11.4. The summed E-state index contributed by atoms with van der Waals surface area (Å²) in [5, 5.41) is 10.9.